The molecule has 2 atom stereocenters. The molecule has 2 aliphatic heterocycles. The second kappa shape index (κ2) is 2.71. The van der Waals surface area contributed by atoms with Crippen molar-refractivity contribution in [3.05, 3.63) is 11.4 Å². The summed E-state index contributed by atoms with van der Waals surface area (Å²) in [5.41, 5.74) is 2.33. The normalized spacial score (nSPS) is 31.0. The number of fused-ring (bicyclic) bond motifs is 4. The molecule has 3 rings (SSSR count). The molecule has 0 radical (unpaired) electrons. The number of nitrogens with zero attached hydrogens (tertiary/aromatic N) is 2. The fourth-order valence-corrected chi connectivity index (χ4v) is 2.12. The molecule has 3 heterocycles. The van der Waals surface area contributed by atoms with Gasteiger partial charge < -0.3 is 5.32 Å². The van der Waals surface area contributed by atoms with Gasteiger partial charge in [0, 0.05) is 12.5 Å². The zero-order valence-corrected chi connectivity index (χ0v) is 7.40. The Morgan fingerprint density at radius 1 is 1.25 bits per heavy atom. The summed E-state index contributed by atoms with van der Waals surface area (Å²) in [7, 11) is 0. The molecular weight excluding hydrogens is 176 g/mol. The lowest BCUT2D eigenvalue weighted by atomic mass is 10.1. The highest BCUT2D eigenvalue weighted by Crippen LogP contribution is 2.32. The molecule has 2 unspecified atom stereocenters. The van der Waals surface area contributed by atoms with Crippen molar-refractivity contribution in [3.63, 3.8) is 0 Å². The SMILES string of the molecule is C1CC2NC1Cc1n[nH]nc12.Cl. The van der Waals surface area contributed by atoms with Gasteiger partial charge in [0.2, 0.25) is 0 Å². The highest BCUT2D eigenvalue weighted by Gasteiger charge is 2.34. The summed E-state index contributed by atoms with van der Waals surface area (Å²) in [4.78, 5) is 0. The molecule has 2 aliphatic rings. The van der Waals surface area contributed by atoms with E-state index in [2.05, 4.69) is 20.7 Å². The van der Waals surface area contributed by atoms with Gasteiger partial charge in [0.05, 0.1) is 11.7 Å². The molecule has 1 aromatic heterocycles. The number of nitrogens with one attached hydrogen (secondary N) is 2. The van der Waals surface area contributed by atoms with Gasteiger partial charge in [0.1, 0.15) is 5.69 Å². The van der Waals surface area contributed by atoms with Crippen molar-refractivity contribution >= 4 is 12.4 Å². The predicted octanol–water partition coefficient (Wildman–Crippen LogP) is 0.576. The van der Waals surface area contributed by atoms with Gasteiger partial charge in [-0.25, -0.2) is 0 Å². The molecule has 5 heteroatoms. The second-order valence-corrected chi connectivity index (χ2v) is 3.35. The molecule has 2 N–H and O–H groups in total. The summed E-state index contributed by atoms with van der Waals surface area (Å²) < 4.78 is 0. The maximum Gasteiger partial charge on any atom is 0.103 e. The number of hydrogen-bond acceptors (Lipinski definition) is 3. The van der Waals surface area contributed by atoms with E-state index in [1.54, 1.807) is 0 Å². The molecule has 0 aliphatic carbocycles. The van der Waals surface area contributed by atoms with Gasteiger partial charge in [-0.15, -0.1) is 12.4 Å². The van der Waals surface area contributed by atoms with Gasteiger partial charge in [-0.2, -0.15) is 15.4 Å². The van der Waals surface area contributed by atoms with E-state index in [0.717, 1.165) is 12.1 Å². The molecule has 0 saturated carbocycles. The third kappa shape index (κ3) is 0.949. The highest BCUT2D eigenvalue weighted by molar-refractivity contribution is 5.85. The monoisotopic (exact) mass is 186 g/mol. The molecule has 66 valence electrons. The number of aromatic amines is 1. The quantitative estimate of drug-likeness (QED) is 0.623. The maximum atomic E-state index is 4.14. The first kappa shape index (κ1) is 8.01. The first-order valence-electron chi connectivity index (χ1n) is 4.09. The third-order valence-electron chi connectivity index (χ3n) is 2.66. The van der Waals surface area contributed by atoms with Crippen molar-refractivity contribution in [1.82, 2.24) is 20.7 Å². The van der Waals surface area contributed by atoms with E-state index in [4.69, 9.17) is 0 Å². The van der Waals surface area contributed by atoms with Gasteiger partial charge in [-0.1, -0.05) is 0 Å². The van der Waals surface area contributed by atoms with Crippen LogP contribution in [-0.2, 0) is 6.42 Å². The molecule has 0 aromatic carbocycles. The second-order valence-electron chi connectivity index (χ2n) is 3.35. The van der Waals surface area contributed by atoms with Crippen LogP contribution < -0.4 is 5.32 Å². The molecule has 1 saturated heterocycles. The average Bonchev–Trinajstić information content (AvgIpc) is 2.58. The van der Waals surface area contributed by atoms with E-state index in [0.29, 0.717) is 12.1 Å². The number of H-pyrrole nitrogens is 1. The van der Waals surface area contributed by atoms with Gasteiger partial charge in [0.25, 0.3) is 0 Å². The molecule has 0 spiro atoms. The average molecular weight is 187 g/mol. The summed E-state index contributed by atoms with van der Waals surface area (Å²) in [6.07, 6.45) is 3.56. The van der Waals surface area contributed by atoms with Crippen molar-refractivity contribution in [2.24, 2.45) is 0 Å². The van der Waals surface area contributed by atoms with Crippen LogP contribution in [0.1, 0.15) is 30.3 Å². The molecule has 0 amide bonds. The van der Waals surface area contributed by atoms with Gasteiger partial charge in [0.15, 0.2) is 0 Å². The largest absolute Gasteiger partial charge is 0.305 e. The van der Waals surface area contributed by atoms with Crippen molar-refractivity contribution in [2.45, 2.75) is 31.3 Å². The highest BCUT2D eigenvalue weighted by atomic mass is 35.5. The Morgan fingerprint density at radius 3 is 3.08 bits per heavy atom. The number of rotatable bonds is 0. The summed E-state index contributed by atoms with van der Waals surface area (Å²) in [5, 5.41) is 14.5. The van der Waals surface area contributed by atoms with Gasteiger partial charge in [-0.05, 0) is 12.8 Å². The minimum atomic E-state index is 0. The first-order chi connectivity index (χ1) is 5.43. The Bertz CT molecular complexity index is 285. The van der Waals surface area contributed by atoms with Crippen molar-refractivity contribution < 1.29 is 0 Å². The van der Waals surface area contributed by atoms with E-state index >= 15 is 0 Å². The molecule has 1 aromatic rings. The predicted molar refractivity (Wildman–Crippen MR) is 46.2 cm³/mol. The summed E-state index contributed by atoms with van der Waals surface area (Å²) >= 11 is 0. The number of aromatic nitrogens is 3. The van der Waals surface area contributed by atoms with Crippen molar-refractivity contribution in [3.8, 4) is 0 Å². The van der Waals surface area contributed by atoms with E-state index in [1.807, 2.05) is 0 Å². The maximum absolute atomic E-state index is 4.14. The van der Waals surface area contributed by atoms with Crippen LogP contribution in [0.5, 0.6) is 0 Å². The van der Waals surface area contributed by atoms with Crippen LogP contribution in [0, 0.1) is 0 Å². The minimum absolute atomic E-state index is 0. The standard InChI is InChI=1S/C7H10N4.ClH/c1-2-5-7-6(9-11-10-7)3-4(1)8-5;/h4-5,8H,1-3H2,(H,9,10,11);1H. The lowest BCUT2D eigenvalue weighted by molar-refractivity contribution is 0.503. The molecular formula is C7H11ClN4. The Labute approximate surface area is 76.5 Å². The minimum Gasteiger partial charge on any atom is -0.305 e. The van der Waals surface area contributed by atoms with E-state index < -0.39 is 0 Å². The van der Waals surface area contributed by atoms with Crippen LogP contribution >= 0.6 is 12.4 Å². The van der Waals surface area contributed by atoms with Crippen LogP contribution in [-0.4, -0.2) is 21.5 Å². The molecule has 12 heavy (non-hydrogen) atoms. The summed E-state index contributed by atoms with van der Waals surface area (Å²) in [5.74, 6) is 0. The van der Waals surface area contributed by atoms with E-state index in [-0.39, 0.29) is 12.4 Å². The zero-order chi connectivity index (χ0) is 7.26. The van der Waals surface area contributed by atoms with Crippen LogP contribution in [0.2, 0.25) is 0 Å². The fraction of sp³-hybridized carbons (Fsp3) is 0.714. The number of hydrogen-bond donors (Lipinski definition) is 2. The lowest BCUT2D eigenvalue weighted by Crippen LogP contribution is -2.31. The van der Waals surface area contributed by atoms with E-state index in [1.165, 1.54) is 18.5 Å². The first-order valence-corrected chi connectivity index (χ1v) is 4.09. The van der Waals surface area contributed by atoms with Crippen LogP contribution in [0.3, 0.4) is 0 Å². The van der Waals surface area contributed by atoms with Gasteiger partial charge >= 0.3 is 0 Å². The van der Waals surface area contributed by atoms with E-state index in [9.17, 15) is 0 Å². The van der Waals surface area contributed by atoms with Crippen LogP contribution in [0.15, 0.2) is 0 Å². The molecule has 1 fully saturated rings. The zero-order valence-electron chi connectivity index (χ0n) is 6.58. The molecule has 4 nitrogen and oxygen atoms in total. The number of halogens is 1. The molecule has 2 bridgehead atoms. The van der Waals surface area contributed by atoms with Crippen LogP contribution in [0.4, 0.5) is 0 Å². The van der Waals surface area contributed by atoms with Gasteiger partial charge in [-0.3, -0.25) is 0 Å². The van der Waals surface area contributed by atoms with Crippen molar-refractivity contribution in [1.29, 1.82) is 0 Å². The Kier molecular flexibility index (Phi) is 1.81. The van der Waals surface area contributed by atoms with Crippen molar-refractivity contribution in [2.75, 3.05) is 0 Å². The summed E-state index contributed by atoms with van der Waals surface area (Å²) in [6, 6.07) is 1.15. The van der Waals surface area contributed by atoms with Crippen LogP contribution in [0.25, 0.3) is 0 Å². The smallest absolute Gasteiger partial charge is 0.103 e. The third-order valence-corrected chi connectivity index (χ3v) is 2.66. The summed E-state index contributed by atoms with van der Waals surface area (Å²) in [6.45, 7) is 0. The fourth-order valence-electron chi connectivity index (χ4n) is 2.12. The Morgan fingerprint density at radius 2 is 2.17 bits per heavy atom. The Balaban J connectivity index is 0.000000563. The topological polar surface area (TPSA) is 53.6 Å². The Hall–Kier alpha value is -0.610. The lowest BCUT2D eigenvalue weighted by Gasteiger charge is -2.18.